The third-order valence-corrected chi connectivity index (χ3v) is 2.47. The van der Waals surface area contributed by atoms with Gasteiger partial charge in [0.2, 0.25) is 0 Å². The zero-order valence-electron chi connectivity index (χ0n) is 7.58. The van der Waals surface area contributed by atoms with Crippen LogP contribution >= 0.6 is 0 Å². The number of rotatable bonds is 3. The predicted molar refractivity (Wildman–Crippen MR) is 47.1 cm³/mol. The third kappa shape index (κ3) is 1.72. The van der Waals surface area contributed by atoms with Gasteiger partial charge in [0.05, 0.1) is 0 Å². The van der Waals surface area contributed by atoms with Gasteiger partial charge in [-0.05, 0) is 6.42 Å². The van der Waals surface area contributed by atoms with E-state index in [1.807, 2.05) is 0 Å². The highest BCUT2D eigenvalue weighted by molar-refractivity contribution is 4.77. The van der Waals surface area contributed by atoms with E-state index in [2.05, 4.69) is 23.9 Å². The molecule has 0 aromatic carbocycles. The highest BCUT2D eigenvalue weighted by Crippen LogP contribution is 2.15. The highest BCUT2D eigenvalue weighted by Gasteiger charge is 2.27. The molecule has 0 saturated carbocycles. The van der Waals surface area contributed by atoms with Crippen LogP contribution in [0.5, 0.6) is 0 Å². The van der Waals surface area contributed by atoms with Crippen molar-refractivity contribution in [3.63, 3.8) is 0 Å². The summed E-state index contributed by atoms with van der Waals surface area (Å²) in [5.74, 6) is 0. The summed E-state index contributed by atoms with van der Waals surface area (Å²) in [6.07, 6.45) is 1.23. The van der Waals surface area contributed by atoms with Crippen LogP contribution < -0.4 is 5.73 Å². The largest absolute Gasteiger partial charge is 0.329 e. The van der Waals surface area contributed by atoms with Crippen LogP contribution in [0.15, 0.2) is 0 Å². The van der Waals surface area contributed by atoms with Crippen molar-refractivity contribution in [1.29, 1.82) is 0 Å². The fraction of sp³-hybridized carbons (Fsp3) is 1.00. The normalized spacial score (nSPS) is 28.1. The van der Waals surface area contributed by atoms with E-state index in [9.17, 15) is 0 Å². The number of nitrogens with zero attached hydrogens (tertiary/aromatic N) is 2. The molecule has 1 saturated heterocycles. The van der Waals surface area contributed by atoms with E-state index in [1.165, 1.54) is 13.0 Å². The Kier molecular flexibility index (Phi) is 3.30. The Hall–Kier alpha value is -0.120. The molecule has 0 aromatic rings. The molecule has 0 aromatic heterocycles. The first-order chi connectivity index (χ1) is 5.33. The summed E-state index contributed by atoms with van der Waals surface area (Å²) in [6.45, 7) is 8.58. The lowest BCUT2D eigenvalue weighted by atomic mass is 10.2. The maximum absolute atomic E-state index is 5.65. The molecule has 0 aliphatic carbocycles. The molecule has 66 valence electrons. The van der Waals surface area contributed by atoms with Gasteiger partial charge in [-0.3, -0.25) is 0 Å². The first kappa shape index (κ1) is 8.97. The Labute approximate surface area is 69.1 Å². The van der Waals surface area contributed by atoms with Crippen molar-refractivity contribution >= 4 is 0 Å². The van der Waals surface area contributed by atoms with Gasteiger partial charge in [-0.1, -0.05) is 13.8 Å². The summed E-state index contributed by atoms with van der Waals surface area (Å²) >= 11 is 0. The Morgan fingerprint density at radius 3 is 2.55 bits per heavy atom. The summed E-state index contributed by atoms with van der Waals surface area (Å²) in [6, 6.07) is 0.597. The van der Waals surface area contributed by atoms with Gasteiger partial charge in [-0.15, -0.1) is 0 Å². The van der Waals surface area contributed by atoms with Crippen LogP contribution in [0.25, 0.3) is 0 Å². The predicted octanol–water partition coefficient (Wildman–Crippen LogP) is 0.276. The summed E-state index contributed by atoms with van der Waals surface area (Å²) in [4.78, 5) is 0. The minimum absolute atomic E-state index is 0.597. The summed E-state index contributed by atoms with van der Waals surface area (Å²) in [7, 11) is 0. The minimum Gasteiger partial charge on any atom is -0.329 e. The van der Waals surface area contributed by atoms with Gasteiger partial charge in [0.15, 0.2) is 0 Å². The number of hydrogen-bond acceptors (Lipinski definition) is 3. The quantitative estimate of drug-likeness (QED) is 0.638. The Bertz CT molecular complexity index is 104. The van der Waals surface area contributed by atoms with Crippen LogP contribution in [-0.4, -0.2) is 42.2 Å². The highest BCUT2D eigenvalue weighted by atomic mass is 15.7. The fourth-order valence-electron chi connectivity index (χ4n) is 1.84. The van der Waals surface area contributed by atoms with E-state index in [0.717, 1.165) is 19.6 Å². The van der Waals surface area contributed by atoms with Gasteiger partial charge in [0, 0.05) is 32.2 Å². The van der Waals surface area contributed by atoms with Gasteiger partial charge in [0.1, 0.15) is 0 Å². The minimum atomic E-state index is 0.597. The van der Waals surface area contributed by atoms with E-state index in [-0.39, 0.29) is 0 Å². The molecule has 0 radical (unpaired) electrons. The average molecular weight is 157 g/mol. The van der Waals surface area contributed by atoms with Gasteiger partial charge in [-0.25, -0.2) is 10.0 Å². The molecule has 0 bridgehead atoms. The van der Waals surface area contributed by atoms with E-state index in [1.54, 1.807) is 0 Å². The molecule has 3 heteroatoms. The number of nitrogens with two attached hydrogens (primary N) is 1. The van der Waals surface area contributed by atoms with Crippen LogP contribution in [0, 0.1) is 0 Å². The Morgan fingerprint density at radius 2 is 2.09 bits per heavy atom. The van der Waals surface area contributed by atoms with Gasteiger partial charge >= 0.3 is 0 Å². The Balaban J connectivity index is 2.48. The monoisotopic (exact) mass is 157 g/mol. The number of likely N-dealkylation sites (N-methyl/N-ethyl adjacent to an activating group) is 1. The molecular formula is C8H19N3. The van der Waals surface area contributed by atoms with Crippen LogP contribution in [-0.2, 0) is 0 Å². The zero-order valence-corrected chi connectivity index (χ0v) is 7.58. The number of hydrazine groups is 1. The molecule has 0 amide bonds. The third-order valence-electron chi connectivity index (χ3n) is 2.47. The summed E-state index contributed by atoms with van der Waals surface area (Å²) in [5.41, 5.74) is 5.65. The van der Waals surface area contributed by atoms with Crippen molar-refractivity contribution in [1.82, 2.24) is 10.0 Å². The maximum Gasteiger partial charge on any atom is 0.0381 e. The van der Waals surface area contributed by atoms with Crippen molar-refractivity contribution in [2.24, 2.45) is 5.73 Å². The molecule has 1 unspecified atom stereocenters. The van der Waals surface area contributed by atoms with E-state index in [0.29, 0.717) is 6.04 Å². The van der Waals surface area contributed by atoms with Crippen LogP contribution in [0.2, 0.25) is 0 Å². The molecule has 1 aliphatic heterocycles. The molecule has 2 N–H and O–H groups in total. The first-order valence-corrected chi connectivity index (χ1v) is 4.55. The van der Waals surface area contributed by atoms with Crippen molar-refractivity contribution in [2.75, 3.05) is 26.2 Å². The van der Waals surface area contributed by atoms with Gasteiger partial charge in [0.25, 0.3) is 0 Å². The summed E-state index contributed by atoms with van der Waals surface area (Å²) < 4.78 is 0. The standard InChI is InChI=1S/C8H19N3/c1-3-10-6-5-8(7-9)11(10)4-2/h8H,3-7,9H2,1-2H3. The maximum atomic E-state index is 5.65. The van der Waals surface area contributed by atoms with E-state index < -0.39 is 0 Å². The number of hydrogen-bond donors (Lipinski definition) is 1. The molecule has 1 fully saturated rings. The second kappa shape index (κ2) is 4.04. The molecule has 1 atom stereocenters. The van der Waals surface area contributed by atoms with E-state index >= 15 is 0 Å². The lowest BCUT2D eigenvalue weighted by Crippen LogP contribution is -2.43. The fourth-order valence-corrected chi connectivity index (χ4v) is 1.84. The smallest absolute Gasteiger partial charge is 0.0381 e. The second-order valence-electron chi connectivity index (χ2n) is 2.98. The van der Waals surface area contributed by atoms with Crippen molar-refractivity contribution in [2.45, 2.75) is 26.3 Å². The van der Waals surface area contributed by atoms with Gasteiger partial charge in [-0.2, -0.15) is 0 Å². The second-order valence-corrected chi connectivity index (χ2v) is 2.98. The van der Waals surface area contributed by atoms with Crippen molar-refractivity contribution < 1.29 is 0 Å². The first-order valence-electron chi connectivity index (χ1n) is 4.55. The van der Waals surface area contributed by atoms with Crippen LogP contribution in [0.1, 0.15) is 20.3 Å². The van der Waals surface area contributed by atoms with Gasteiger partial charge < -0.3 is 5.73 Å². The topological polar surface area (TPSA) is 32.5 Å². The molecule has 1 aliphatic rings. The van der Waals surface area contributed by atoms with Crippen LogP contribution in [0.3, 0.4) is 0 Å². The molecule has 1 heterocycles. The molecule has 0 spiro atoms. The SMILES string of the molecule is CCN1CCC(CN)N1CC. The van der Waals surface area contributed by atoms with Crippen molar-refractivity contribution in [3.05, 3.63) is 0 Å². The zero-order chi connectivity index (χ0) is 8.27. The lowest BCUT2D eigenvalue weighted by Gasteiger charge is -2.29. The molecule has 3 nitrogen and oxygen atoms in total. The molecule has 11 heavy (non-hydrogen) atoms. The van der Waals surface area contributed by atoms with E-state index in [4.69, 9.17) is 5.73 Å². The lowest BCUT2D eigenvalue weighted by molar-refractivity contribution is 0.00954. The summed E-state index contributed by atoms with van der Waals surface area (Å²) in [5, 5.41) is 4.78. The van der Waals surface area contributed by atoms with Crippen LogP contribution in [0.4, 0.5) is 0 Å². The molecular weight excluding hydrogens is 138 g/mol. The average Bonchev–Trinajstić information content (AvgIpc) is 2.45. The molecule has 1 rings (SSSR count). The Morgan fingerprint density at radius 1 is 1.36 bits per heavy atom. The van der Waals surface area contributed by atoms with Crippen molar-refractivity contribution in [3.8, 4) is 0 Å².